The molecule has 0 radical (unpaired) electrons. The first-order valence-electron chi connectivity index (χ1n) is 14.9. The maximum absolute atomic E-state index is 12.1. The molecule has 0 atom stereocenters. The fourth-order valence-electron chi connectivity index (χ4n) is 3.35. The molecule has 256 valence electrons. The molecule has 15 nitrogen and oxygen atoms in total. The first-order valence-corrected chi connectivity index (χ1v) is 14.9. The van der Waals surface area contributed by atoms with Crippen LogP contribution in [-0.4, -0.2) is 139 Å². The Labute approximate surface area is 271 Å². The van der Waals surface area contributed by atoms with E-state index in [0.717, 1.165) is 11.1 Å². The summed E-state index contributed by atoms with van der Waals surface area (Å²) in [6, 6.07) is 7.56. The van der Waals surface area contributed by atoms with Crippen LogP contribution in [0.25, 0.3) is 11.4 Å². The number of hydrogen-bond donors (Lipinski definition) is 2. The molecule has 3 N–H and O–H groups in total. The number of nitrogens with zero attached hydrogens (tertiary/aromatic N) is 4. The second-order valence-electron chi connectivity index (χ2n) is 9.18. The van der Waals surface area contributed by atoms with Crippen molar-refractivity contribution in [2.75, 3.05) is 112 Å². The van der Waals surface area contributed by atoms with Crippen LogP contribution in [0, 0.1) is 6.92 Å². The Balaban J connectivity index is 0.0000101. The summed E-state index contributed by atoms with van der Waals surface area (Å²) in [6.45, 7) is 10.4. The lowest BCUT2D eigenvalue weighted by molar-refractivity contribution is -0.122. The molecule has 1 aromatic heterocycles. The molecule has 16 heteroatoms. The molecular weight excluding hydrogens is 612 g/mol. The van der Waals surface area contributed by atoms with Gasteiger partial charge in [0.05, 0.1) is 106 Å². The molecule has 0 bridgehead atoms. The zero-order chi connectivity index (χ0) is 31.3. The van der Waals surface area contributed by atoms with Crippen LogP contribution in [0.5, 0.6) is 0 Å². The van der Waals surface area contributed by atoms with E-state index in [-0.39, 0.29) is 24.7 Å². The third-order valence-electron chi connectivity index (χ3n) is 5.62. The average molecular weight is 661 g/mol. The molecule has 0 saturated heterocycles. The summed E-state index contributed by atoms with van der Waals surface area (Å²) in [7, 11) is 0. The lowest BCUT2D eigenvalue weighted by Gasteiger charge is -2.09. The largest absolute Gasteiger partial charge is 0.379 e. The van der Waals surface area contributed by atoms with Gasteiger partial charge in [0.25, 0.3) is 0 Å². The van der Waals surface area contributed by atoms with Gasteiger partial charge in [0.2, 0.25) is 11.7 Å². The molecule has 2 aromatic rings. The molecule has 0 aliphatic carbocycles. The Morgan fingerprint density at radius 3 is 1.38 bits per heavy atom. The van der Waals surface area contributed by atoms with Crippen LogP contribution in [0.1, 0.15) is 17.8 Å². The van der Waals surface area contributed by atoms with Gasteiger partial charge in [-0.25, -0.2) is 0 Å². The SMILES string of the molecule is Cc1nnc(-c2ccc(CNC(=O)CCOCCOCCOCCOCCOCCOCCOCCOCCN)cc2)nn1.Cl. The minimum Gasteiger partial charge on any atom is -0.379 e. The molecule has 0 fully saturated rings. The van der Waals surface area contributed by atoms with E-state index in [2.05, 4.69) is 25.7 Å². The van der Waals surface area contributed by atoms with Crippen LogP contribution in [0.2, 0.25) is 0 Å². The average Bonchev–Trinajstić information content (AvgIpc) is 3.04. The van der Waals surface area contributed by atoms with Gasteiger partial charge in [0.15, 0.2) is 5.82 Å². The molecule has 1 heterocycles. The first-order chi connectivity index (χ1) is 21.7. The van der Waals surface area contributed by atoms with E-state index in [1.807, 2.05) is 24.3 Å². The van der Waals surface area contributed by atoms with Crippen molar-refractivity contribution in [2.24, 2.45) is 5.73 Å². The van der Waals surface area contributed by atoms with Gasteiger partial charge in [-0.2, -0.15) is 0 Å². The number of halogens is 1. The van der Waals surface area contributed by atoms with Gasteiger partial charge in [-0.3, -0.25) is 4.79 Å². The summed E-state index contributed by atoms with van der Waals surface area (Å²) in [5.74, 6) is 0.895. The van der Waals surface area contributed by atoms with Gasteiger partial charge in [-0.15, -0.1) is 32.8 Å². The summed E-state index contributed by atoms with van der Waals surface area (Å²) in [5.41, 5.74) is 7.10. The zero-order valence-electron chi connectivity index (χ0n) is 26.2. The van der Waals surface area contributed by atoms with E-state index in [9.17, 15) is 4.79 Å². The lowest BCUT2D eigenvalue weighted by Crippen LogP contribution is -2.24. The third-order valence-corrected chi connectivity index (χ3v) is 5.62. The molecule has 1 amide bonds. The van der Waals surface area contributed by atoms with Crippen molar-refractivity contribution in [2.45, 2.75) is 19.9 Å². The second-order valence-corrected chi connectivity index (χ2v) is 9.18. The zero-order valence-corrected chi connectivity index (χ0v) is 27.0. The molecular formula is C29H49ClN6O9. The van der Waals surface area contributed by atoms with Crippen LogP contribution in [0.15, 0.2) is 24.3 Å². The predicted octanol–water partition coefficient (Wildman–Crippen LogP) is 0.762. The number of amides is 1. The van der Waals surface area contributed by atoms with Gasteiger partial charge < -0.3 is 48.9 Å². The molecule has 0 spiro atoms. The van der Waals surface area contributed by atoms with Crippen LogP contribution < -0.4 is 11.1 Å². The van der Waals surface area contributed by atoms with Gasteiger partial charge in [-0.05, 0) is 12.5 Å². The summed E-state index contributed by atoms with van der Waals surface area (Å²) < 4.78 is 43.3. The number of aromatic nitrogens is 4. The summed E-state index contributed by atoms with van der Waals surface area (Å²) in [5, 5.41) is 18.7. The second kappa shape index (κ2) is 29.0. The van der Waals surface area contributed by atoms with Crippen molar-refractivity contribution >= 4 is 18.3 Å². The van der Waals surface area contributed by atoms with Crippen molar-refractivity contribution < 1.29 is 42.7 Å². The lowest BCUT2D eigenvalue weighted by atomic mass is 10.1. The molecule has 1 aromatic carbocycles. The quantitative estimate of drug-likeness (QED) is 0.117. The summed E-state index contributed by atoms with van der Waals surface area (Å²) in [4.78, 5) is 12.1. The number of ether oxygens (including phenoxy) is 8. The minimum atomic E-state index is -0.0835. The van der Waals surface area contributed by atoms with Crippen molar-refractivity contribution in [1.29, 1.82) is 0 Å². The molecule has 2 rings (SSSR count). The highest BCUT2D eigenvalue weighted by molar-refractivity contribution is 5.85. The number of nitrogens with one attached hydrogen (secondary N) is 1. The van der Waals surface area contributed by atoms with Gasteiger partial charge in [-0.1, -0.05) is 24.3 Å². The number of carbonyl (C=O) groups excluding carboxylic acids is 1. The normalized spacial score (nSPS) is 11.0. The first kappa shape index (κ1) is 40.6. The number of benzene rings is 1. The smallest absolute Gasteiger partial charge is 0.222 e. The van der Waals surface area contributed by atoms with Crippen LogP contribution in [-0.2, 0) is 49.2 Å². The Hall–Kier alpha value is -2.44. The standard InChI is InChI=1S/C29H48N6O9.ClH/c1-25-32-34-29(35-33-25)27-4-2-26(3-5-27)24-31-28(36)6-8-37-10-12-39-14-16-41-18-20-43-22-23-44-21-19-42-17-15-40-13-11-38-9-7-30;/h2-5H,6-24,30H2,1H3,(H,31,36);1H. The fraction of sp³-hybridized carbons (Fsp3) is 0.690. The van der Waals surface area contributed by atoms with Crippen molar-refractivity contribution in [3.63, 3.8) is 0 Å². The molecule has 45 heavy (non-hydrogen) atoms. The van der Waals surface area contributed by atoms with E-state index in [1.165, 1.54) is 0 Å². The molecule has 0 saturated carbocycles. The van der Waals surface area contributed by atoms with Crippen molar-refractivity contribution in [3.05, 3.63) is 35.7 Å². The van der Waals surface area contributed by atoms with Gasteiger partial charge in [0.1, 0.15) is 0 Å². The maximum Gasteiger partial charge on any atom is 0.222 e. The van der Waals surface area contributed by atoms with Crippen LogP contribution in [0.4, 0.5) is 0 Å². The highest BCUT2D eigenvalue weighted by Gasteiger charge is 2.05. The fourth-order valence-corrected chi connectivity index (χ4v) is 3.35. The van der Waals surface area contributed by atoms with E-state index in [0.29, 0.717) is 130 Å². The Bertz CT molecular complexity index is 964. The highest BCUT2D eigenvalue weighted by atomic mass is 35.5. The summed E-state index contributed by atoms with van der Waals surface area (Å²) in [6.07, 6.45) is 0.275. The van der Waals surface area contributed by atoms with Crippen molar-refractivity contribution in [1.82, 2.24) is 25.7 Å². The predicted molar refractivity (Wildman–Crippen MR) is 167 cm³/mol. The molecule has 0 aliphatic heterocycles. The maximum atomic E-state index is 12.1. The Kier molecular flexibility index (Phi) is 26.1. The highest BCUT2D eigenvalue weighted by Crippen LogP contribution is 2.14. The minimum absolute atomic E-state index is 0. The van der Waals surface area contributed by atoms with E-state index < -0.39 is 0 Å². The number of rotatable bonds is 29. The topological polar surface area (TPSA) is 181 Å². The van der Waals surface area contributed by atoms with Crippen molar-refractivity contribution in [3.8, 4) is 11.4 Å². The third kappa shape index (κ3) is 22.7. The molecule has 0 unspecified atom stereocenters. The number of nitrogens with two attached hydrogens (primary N) is 1. The van der Waals surface area contributed by atoms with Gasteiger partial charge >= 0.3 is 0 Å². The van der Waals surface area contributed by atoms with E-state index >= 15 is 0 Å². The number of aryl methyl sites for hydroxylation is 1. The van der Waals surface area contributed by atoms with Gasteiger partial charge in [0, 0.05) is 25.1 Å². The van der Waals surface area contributed by atoms with E-state index in [4.69, 9.17) is 43.6 Å². The van der Waals surface area contributed by atoms with E-state index in [1.54, 1.807) is 6.92 Å². The monoisotopic (exact) mass is 660 g/mol. The number of carbonyl (C=O) groups is 1. The van der Waals surface area contributed by atoms with Crippen LogP contribution in [0.3, 0.4) is 0 Å². The van der Waals surface area contributed by atoms with Crippen LogP contribution >= 0.6 is 12.4 Å². The Morgan fingerprint density at radius 1 is 0.600 bits per heavy atom. The Morgan fingerprint density at radius 2 is 0.978 bits per heavy atom. The molecule has 0 aliphatic rings. The number of hydrogen-bond acceptors (Lipinski definition) is 14. The summed E-state index contributed by atoms with van der Waals surface area (Å²) >= 11 is 0.